The van der Waals surface area contributed by atoms with Gasteiger partial charge >= 0.3 is 0 Å². The van der Waals surface area contributed by atoms with Crippen molar-refractivity contribution in [2.75, 3.05) is 17.7 Å². The van der Waals surface area contributed by atoms with Crippen LogP contribution in [0.3, 0.4) is 0 Å². The number of terminal acetylenes is 1. The Morgan fingerprint density at radius 1 is 1.44 bits per heavy atom. The van der Waals surface area contributed by atoms with E-state index in [2.05, 4.69) is 30.5 Å². The van der Waals surface area contributed by atoms with E-state index < -0.39 is 10.0 Å². The number of nitrogens with one attached hydrogen (secondary N) is 2. The summed E-state index contributed by atoms with van der Waals surface area (Å²) in [7, 11) is -1.38. The number of aromatic nitrogens is 3. The fraction of sp³-hybridized carbons (Fsp3) is 0.579. The summed E-state index contributed by atoms with van der Waals surface area (Å²) < 4.78 is 28.0. The van der Waals surface area contributed by atoms with E-state index in [4.69, 9.17) is 6.42 Å². The number of hydrogen-bond acceptors (Lipinski definition) is 5. The number of aromatic amines is 1. The van der Waals surface area contributed by atoms with Gasteiger partial charge in [-0.25, -0.2) is 23.1 Å². The van der Waals surface area contributed by atoms with Crippen LogP contribution in [-0.4, -0.2) is 48.3 Å². The minimum absolute atomic E-state index is 0.0436. The fourth-order valence-corrected chi connectivity index (χ4v) is 5.60. The monoisotopic (exact) mass is 389 g/mol. The van der Waals surface area contributed by atoms with Gasteiger partial charge in [0.2, 0.25) is 10.0 Å². The van der Waals surface area contributed by atoms with E-state index in [0.29, 0.717) is 6.42 Å². The molecule has 146 valence electrons. The van der Waals surface area contributed by atoms with Crippen molar-refractivity contribution in [3.05, 3.63) is 18.6 Å². The van der Waals surface area contributed by atoms with Gasteiger partial charge in [0.25, 0.3) is 0 Å². The molecule has 1 aliphatic rings. The van der Waals surface area contributed by atoms with Gasteiger partial charge in [0.1, 0.15) is 17.8 Å². The highest BCUT2D eigenvalue weighted by Crippen LogP contribution is 2.32. The molecule has 27 heavy (non-hydrogen) atoms. The van der Waals surface area contributed by atoms with E-state index in [9.17, 15) is 8.42 Å². The summed E-state index contributed by atoms with van der Waals surface area (Å²) >= 11 is 0. The molecule has 2 N–H and O–H groups in total. The first-order chi connectivity index (χ1) is 12.8. The van der Waals surface area contributed by atoms with Crippen molar-refractivity contribution in [3.8, 4) is 12.3 Å². The lowest BCUT2D eigenvalue weighted by molar-refractivity contribution is 0.311. The summed E-state index contributed by atoms with van der Waals surface area (Å²) in [4.78, 5) is 13.8. The van der Waals surface area contributed by atoms with E-state index in [1.54, 1.807) is 6.33 Å². The topological polar surface area (TPSA) is 91.0 Å². The second-order valence-electron chi connectivity index (χ2n) is 7.79. The van der Waals surface area contributed by atoms with Gasteiger partial charge < -0.3 is 9.88 Å². The first-order valence-corrected chi connectivity index (χ1v) is 10.9. The average Bonchev–Trinajstić information content (AvgIpc) is 3.05. The molecule has 1 atom stereocenters. The molecule has 0 amide bonds. The Labute approximate surface area is 161 Å². The van der Waals surface area contributed by atoms with Gasteiger partial charge in [0.15, 0.2) is 0 Å². The number of anilines is 1. The molecule has 1 saturated carbocycles. The van der Waals surface area contributed by atoms with Crippen LogP contribution >= 0.6 is 0 Å². The smallest absolute Gasteiger partial charge is 0.212 e. The van der Waals surface area contributed by atoms with Crippen LogP contribution in [0, 0.1) is 17.8 Å². The maximum atomic E-state index is 12.6. The molecule has 0 aromatic carbocycles. The molecule has 8 heteroatoms. The van der Waals surface area contributed by atoms with Gasteiger partial charge in [0, 0.05) is 31.7 Å². The lowest BCUT2D eigenvalue weighted by atomic mass is 9.86. The van der Waals surface area contributed by atoms with Gasteiger partial charge in [-0.1, -0.05) is 13.8 Å². The minimum Gasteiger partial charge on any atom is -0.356 e. The van der Waals surface area contributed by atoms with Crippen LogP contribution in [0.4, 0.5) is 5.82 Å². The predicted molar refractivity (Wildman–Crippen MR) is 108 cm³/mol. The highest BCUT2D eigenvalue weighted by atomic mass is 32.2. The molecule has 1 aliphatic carbocycles. The lowest BCUT2D eigenvalue weighted by Crippen LogP contribution is -2.54. The van der Waals surface area contributed by atoms with E-state index >= 15 is 0 Å². The quantitative estimate of drug-likeness (QED) is 0.676. The Morgan fingerprint density at radius 3 is 2.85 bits per heavy atom. The third-order valence-corrected chi connectivity index (χ3v) is 7.36. The second-order valence-corrected chi connectivity index (χ2v) is 9.55. The number of sulfonamides is 1. The minimum atomic E-state index is -3.37. The van der Waals surface area contributed by atoms with Gasteiger partial charge in [-0.05, 0) is 30.7 Å². The maximum Gasteiger partial charge on any atom is 0.212 e. The zero-order valence-corrected chi connectivity index (χ0v) is 16.9. The van der Waals surface area contributed by atoms with E-state index in [1.807, 2.05) is 33.2 Å². The molecule has 2 aromatic heterocycles. The summed E-state index contributed by atoms with van der Waals surface area (Å²) in [6.45, 7) is 3.91. The number of fused-ring (bicyclic) bond motifs is 1. The molecule has 0 aliphatic heterocycles. The molecular weight excluding hydrogens is 362 g/mol. The third-order valence-electron chi connectivity index (χ3n) is 5.60. The van der Waals surface area contributed by atoms with Crippen molar-refractivity contribution in [2.45, 2.75) is 51.6 Å². The SMILES string of the molecule is C#CC[C@@](C)(CC)CS(=O)(=O)N[C@H]1C[C@@H](N(C)c2ncnc3[nH]ccc23)C1. The highest BCUT2D eigenvalue weighted by Gasteiger charge is 2.37. The molecule has 1 fully saturated rings. The van der Waals surface area contributed by atoms with Crippen molar-refractivity contribution in [3.63, 3.8) is 0 Å². The average molecular weight is 390 g/mol. The third kappa shape index (κ3) is 4.25. The normalized spacial score (nSPS) is 22.0. The van der Waals surface area contributed by atoms with E-state index in [1.165, 1.54) is 0 Å². The van der Waals surface area contributed by atoms with Crippen LogP contribution in [0.1, 0.15) is 39.5 Å². The standard InChI is InChI=1S/C19H27N5O2S/c1-5-8-19(3,6-2)12-27(25,26)23-14-10-15(11-14)24(4)18-16-7-9-20-17(16)21-13-22-18/h1,7,9,13-15,23H,6,8,10-12H2,2-4H3,(H,20,21,22)/t14-,15+,19-/m1/s1. The summed E-state index contributed by atoms with van der Waals surface area (Å²) in [5.74, 6) is 3.53. The fourth-order valence-electron chi connectivity index (χ4n) is 3.59. The first kappa shape index (κ1) is 19.6. The number of rotatable bonds is 8. The molecule has 3 rings (SSSR count). The summed E-state index contributed by atoms with van der Waals surface area (Å²) in [6, 6.07) is 2.16. The van der Waals surface area contributed by atoms with E-state index in [0.717, 1.165) is 36.1 Å². The first-order valence-electron chi connectivity index (χ1n) is 9.21. The van der Waals surface area contributed by atoms with Crippen molar-refractivity contribution >= 4 is 26.9 Å². The maximum absolute atomic E-state index is 12.6. The molecule has 7 nitrogen and oxygen atoms in total. The van der Waals surface area contributed by atoms with Crippen LogP contribution in [-0.2, 0) is 10.0 Å². The molecule has 2 heterocycles. The zero-order chi connectivity index (χ0) is 19.7. The van der Waals surface area contributed by atoms with Crippen molar-refractivity contribution in [1.82, 2.24) is 19.7 Å². The molecule has 2 aromatic rings. The van der Waals surface area contributed by atoms with Crippen LogP contribution in [0.25, 0.3) is 11.0 Å². The van der Waals surface area contributed by atoms with Gasteiger partial charge in [-0.3, -0.25) is 0 Å². The van der Waals surface area contributed by atoms with Crippen LogP contribution < -0.4 is 9.62 Å². The van der Waals surface area contributed by atoms with Gasteiger partial charge in [0.05, 0.1) is 11.1 Å². The highest BCUT2D eigenvalue weighted by molar-refractivity contribution is 7.89. The molecule has 0 bridgehead atoms. The Bertz CT molecular complexity index is 942. The van der Waals surface area contributed by atoms with Crippen LogP contribution in [0.15, 0.2) is 18.6 Å². The lowest BCUT2D eigenvalue weighted by Gasteiger charge is -2.42. The van der Waals surface area contributed by atoms with Crippen molar-refractivity contribution < 1.29 is 8.42 Å². The van der Waals surface area contributed by atoms with E-state index in [-0.39, 0.29) is 23.3 Å². The molecule has 0 unspecified atom stereocenters. The molecular formula is C19H27N5O2S. The van der Waals surface area contributed by atoms with Crippen molar-refractivity contribution in [1.29, 1.82) is 0 Å². The number of H-pyrrole nitrogens is 1. The number of nitrogens with zero attached hydrogens (tertiary/aromatic N) is 3. The second kappa shape index (κ2) is 7.49. The summed E-state index contributed by atoms with van der Waals surface area (Å²) in [5.41, 5.74) is 0.414. The summed E-state index contributed by atoms with van der Waals surface area (Å²) in [6.07, 6.45) is 11.5. The van der Waals surface area contributed by atoms with Crippen LogP contribution in [0.2, 0.25) is 0 Å². The van der Waals surface area contributed by atoms with Gasteiger partial charge in [-0.15, -0.1) is 12.3 Å². The van der Waals surface area contributed by atoms with Crippen molar-refractivity contribution in [2.24, 2.45) is 5.41 Å². The Kier molecular flexibility index (Phi) is 5.45. The summed E-state index contributed by atoms with van der Waals surface area (Å²) in [5, 5.41) is 0.969. The zero-order valence-electron chi connectivity index (χ0n) is 16.1. The van der Waals surface area contributed by atoms with Gasteiger partial charge in [-0.2, -0.15) is 0 Å². The molecule has 0 saturated heterocycles. The molecule has 0 radical (unpaired) electrons. The van der Waals surface area contributed by atoms with Crippen LogP contribution in [0.5, 0.6) is 0 Å². The number of hydrogen-bond donors (Lipinski definition) is 2. The molecule has 0 spiro atoms. The Balaban J connectivity index is 1.59. The predicted octanol–water partition coefficient (Wildman–Crippen LogP) is 2.28. The Morgan fingerprint density at radius 2 is 2.19 bits per heavy atom. The Hall–Kier alpha value is -2.11. The largest absolute Gasteiger partial charge is 0.356 e.